The van der Waals surface area contributed by atoms with Crippen LogP contribution in [-0.4, -0.2) is 31.8 Å². The Kier molecular flexibility index (Phi) is 4.45. The van der Waals surface area contributed by atoms with Crippen LogP contribution in [0, 0.1) is 5.92 Å². The molecule has 16 heavy (non-hydrogen) atoms. The van der Waals surface area contributed by atoms with Crippen LogP contribution in [0.5, 0.6) is 0 Å². The lowest BCUT2D eigenvalue weighted by atomic mass is 10.0. The normalized spacial score (nSPS) is 26.6. The lowest BCUT2D eigenvalue weighted by molar-refractivity contribution is 0.0557. The largest absolute Gasteiger partial charge is 0.381 e. The van der Waals surface area contributed by atoms with E-state index in [-0.39, 0.29) is 6.03 Å². The number of hydrogen-bond acceptors (Lipinski definition) is 2. The number of amides is 2. The van der Waals surface area contributed by atoms with Gasteiger partial charge in [0.1, 0.15) is 0 Å². The molecule has 2 rings (SSSR count). The molecule has 4 heteroatoms. The second-order valence-corrected chi connectivity index (χ2v) is 4.92. The number of carbonyl (C=O) groups is 1. The SMILES string of the molecule is O=C(NCC1CCCOC1)NC1CCCC1. The molecular formula is C12H22N2O2. The van der Waals surface area contributed by atoms with Crippen LogP contribution < -0.4 is 10.6 Å². The highest BCUT2D eigenvalue weighted by Crippen LogP contribution is 2.17. The minimum Gasteiger partial charge on any atom is -0.381 e. The molecule has 0 bridgehead atoms. The summed E-state index contributed by atoms with van der Waals surface area (Å²) in [6.45, 7) is 2.42. The molecule has 1 heterocycles. The summed E-state index contributed by atoms with van der Waals surface area (Å²) < 4.78 is 5.38. The summed E-state index contributed by atoms with van der Waals surface area (Å²) in [6.07, 6.45) is 7.07. The highest BCUT2D eigenvalue weighted by atomic mass is 16.5. The molecule has 2 fully saturated rings. The van der Waals surface area contributed by atoms with Gasteiger partial charge in [-0.25, -0.2) is 4.79 Å². The number of carbonyl (C=O) groups excluding carboxylic acids is 1. The molecule has 1 atom stereocenters. The van der Waals surface area contributed by atoms with Gasteiger partial charge < -0.3 is 15.4 Å². The van der Waals surface area contributed by atoms with Gasteiger partial charge in [0.05, 0.1) is 6.61 Å². The van der Waals surface area contributed by atoms with E-state index in [4.69, 9.17) is 4.74 Å². The average molecular weight is 226 g/mol. The van der Waals surface area contributed by atoms with E-state index in [9.17, 15) is 4.79 Å². The van der Waals surface area contributed by atoms with Crippen LogP contribution in [0.1, 0.15) is 38.5 Å². The summed E-state index contributed by atoms with van der Waals surface area (Å²) in [5.74, 6) is 0.503. The van der Waals surface area contributed by atoms with E-state index in [1.54, 1.807) is 0 Å². The van der Waals surface area contributed by atoms with Crippen molar-refractivity contribution in [3.8, 4) is 0 Å². The molecule has 0 radical (unpaired) electrons. The number of urea groups is 1. The van der Waals surface area contributed by atoms with Gasteiger partial charge in [0.2, 0.25) is 0 Å². The number of hydrogen-bond donors (Lipinski definition) is 2. The zero-order valence-electron chi connectivity index (χ0n) is 9.84. The second-order valence-electron chi connectivity index (χ2n) is 4.92. The van der Waals surface area contributed by atoms with Crippen LogP contribution >= 0.6 is 0 Å². The van der Waals surface area contributed by atoms with E-state index in [1.807, 2.05) is 0 Å². The average Bonchev–Trinajstić information content (AvgIpc) is 2.81. The quantitative estimate of drug-likeness (QED) is 0.769. The van der Waals surface area contributed by atoms with Gasteiger partial charge in [-0.05, 0) is 31.6 Å². The molecule has 92 valence electrons. The van der Waals surface area contributed by atoms with Gasteiger partial charge in [-0.1, -0.05) is 12.8 Å². The van der Waals surface area contributed by atoms with Gasteiger partial charge in [0.15, 0.2) is 0 Å². The minimum absolute atomic E-state index is 0.00234. The van der Waals surface area contributed by atoms with Crippen molar-refractivity contribution in [2.45, 2.75) is 44.6 Å². The molecule has 1 saturated heterocycles. The molecule has 1 aliphatic carbocycles. The zero-order chi connectivity index (χ0) is 11.2. The fourth-order valence-corrected chi connectivity index (χ4v) is 2.51. The molecular weight excluding hydrogens is 204 g/mol. The highest BCUT2D eigenvalue weighted by molar-refractivity contribution is 5.74. The molecule has 2 aliphatic rings. The van der Waals surface area contributed by atoms with E-state index in [0.29, 0.717) is 12.0 Å². The first-order valence-electron chi connectivity index (χ1n) is 6.46. The Morgan fingerprint density at radius 3 is 2.69 bits per heavy atom. The van der Waals surface area contributed by atoms with E-state index >= 15 is 0 Å². The van der Waals surface area contributed by atoms with Crippen LogP contribution in [0.4, 0.5) is 4.79 Å². The number of ether oxygens (including phenoxy) is 1. The molecule has 0 aromatic rings. The van der Waals surface area contributed by atoms with Crippen LogP contribution in [0.2, 0.25) is 0 Å². The standard InChI is InChI=1S/C12H22N2O2/c15-12(14-11-5-1-2-6-11)13-8-10-4-3-7-16-9-10/h10-11H,1-9H2,(H2,13,14,15). The Morgan fingerprint density at radius 1 is 1.19 bits per heavy atom. The van der Waals surface area contributed by atoms with E-state index in [2.05, 4.69) is 10.6 Å². The predicted octanol–water partition coefficient (Wildman–Crippen LogP) is 1.65. The Labute approximate surface area is 97.1 Å². The molecule has 4 nitrogen and oxygen atoms in total. The lowest BCUT2D eigenvalue weighted by Crippen LogP contribution is -2.43. The Hall–Kier alpha value is -0.770. The Balaban J connectivity index is 1.59. The van der Waals surface area contributed by atoms with E-state index < -0.39 is 0 Å². The molecule has 0 aromatic heterocycles. The van der Waals surface area contributed by atoms with Gasteiger partial charge in [-0.2, -0.15) is 0 Å². The molecule has 0 spiro atoms. The van der Waals surface area contributed by atoms with Crippen molar-refractivity contribution in [2.24, 2.45) is 5.92 Å². The summed E-state index contributed by atoms with van der Waals surface area (Å²) in [5, 5.41) is 5.98. The first kappa shape index (κ1) is 11.7. The summed E-state index contributed by atoms with van der Waals surface area (Å²) in [4.78, 5) is 11.6. The fraction of sp³-hybridized carbons (Fsp3) is 0.917. The molecule has 1 aliphatic heterocycles. The molecule has 2 N–H and O–H groups in total. The number of nitrogens with one attached hydrogen (secondary N) is 2. The summed E-state index contributed by atoms with van der Waals surface area (Å²) >= 11 is 0. The van der Waals surface area contributed by atoms with Gasteiger partial charge in [-0.3, -0.25) is 0 Å². The maximum atomic E-state index is 11.6. The predicted molar refractivity (Wildman–Crippen MR) is 62.3 cm³/mol. The lowest BCUT2D eigenvalue weighted by Gasteiger charge is -2.22. The van der Waals surface area contributed by atoms with Crippen LogP contribution in [0.25, 0.3) is 0 Å². The van der Waals surface area contributed by atoms with Crippen LogP contribution in [0.3, 0.4) is 0 Å². The van der Waals surface area contributed by atoms with Gasteiger partial charge in [0.25, 0.3) is 0 Å². The van der Waals surface area contributed by atoms with E-state index in [1.165, 1.54) is 19.3 Å². The fourth-order valence-electron chi connectivity index (χ4n) is 2.51. The maximum absolute atomic E-state index is 11.6. The van der Waals surface area contributed by atoms with Gasteiger partial charge in [0, 0.05) is 19.2 Å². The minimum atomic E-state index is -0.00234. The smallest absolute Gasteiger partial charge is 0.315 e. The van der Waals surface area contributed by atoms with Crippen molar-refractivity contribution < 1.29 is 9.53 Å². The third-order valence-electron chi connectivity index (χ3n) is 3.50. The van der Waals surface area contributed by atoms with Crippen molar-refractivity contribution >= 4 is 6.03 Å². The first-order chi connectivity index (χ1) is 7.84. The van der Waals surface area contributed by atoms with Crippen molar-refractivity contribution in [3.05, 3.63) is 0 Å². The summed E-state index contributed by atoms with van der Waals surface area (Å²) in [7, 11) is 0. The molecule has 0 aromatic carbocycles. The van der Waals surface area contributed by atoms with Crippen LogP contribution in [-0.2, 0) is 4.74 Å². The van der Waals surface area contributed by atoms with Crippen LogP contribution in [0.15, 0.2) is 0 Å². The van der Waals surface area contributed by atoms with E-state index in [0.717, 1.165) is 39.0 Å². The van der Waals surface area contributed by atoms with Crippen molar-refractivity contribution in [1.29, 1.82) is 0 Å². The zero-order valence-corrected chi connectivity index (χ0v) is 9.84. The highest BCUT2D eigenvalue weighted by Gasteiger charge is 2.18. The first-order valence-corrected chi connectivity index (χ1v) is 6.46. The summed E-state index contributed by atoms with van der Waals surface area (Å²) in [5.41, 5.74) is 0. The summed E-state index contributed by atoms with van der Waals surface area (Å²) in [6, 6.07) is 0.403. The monoisotopic (exact) mass is 226 g/mol. The topological polar surface area (TPSA) is 50.4 Å². The Morgan fingerprint density at radius 2 is 2.00 bits per heavy atom. The number of rotatable bonds is 3. The third-order valence-corrected chi connectivity index (χ3v) is 3.50. The van der Waals surface area contributed by atoms with Gasteiger partial charge in [-0.15, -0.1) is 0 Å². The van der Waals surface area contributed by atoms with Crippen molar-refractivity contribution in [3.63, 3.8) is 0 Å². The Bertz CT molecular complexity index is 221. The van der Waals surface area contributed by atoms with Gasteiger partial charge >= 0.3 is 6.03 Å². The maximum Gasteiger partial charge on any atom is 0.315 e. The van der Waals surface area contributed by atoms with Crippen molar-refractivity contribution in [1.82, 2.24) is 10.6 Å². The second kappa shape index (κ2) is 6.09. The van der Waals surface area contributed by atoms with Crippen molar-refractivity contribution in [2.75, 3.05) is 19.8 Å². The molecule has 1 saturated carbocycles. The molecule has 2 amide bonds. The third kappa shape index (κ3) is 3.67. The molecule has 1 unspecified atom stereocenters.